The van der Waals surface area contributed by atoms with Crippen LogP contribution in [-0.4, -0.2) is 29.8 Å². The van der Waals surface area contributed by atoms with E-state index in [1.807, 2.05) is 30.3 Å². The van der Waals surface area contributed by atoms with Crippen LogP contribution < -0.4 is 0 Å². The van der Waals surface area contributed by atoms with Gasteiger partial charge in [-0.1, -0.05) is 51.1 Å². The number of nitriles is 1. The molecule has 1 heterocycles. The van der Waals surface area contributed by atoms with Gasteiger partial charge in [0, 0.05) is 12.6 Å². The molecule has 1 aliphatic carbocycles. The standard InChI is InChI=1S/C20H26N2O/c1-19(2)9-16-10-20(3,13-19)14-22(16)12-18(23)17(11-21)15-7-5-4-6-8-15/h4-8,16-17H,9-10,12-14H2,1-3H3/t16-,17-,20-/m1/s1. The average molecular weight is 310 g/mol. The number of likely N-dealkylation sites (tertiary alicyclic amines) is 1. The highest BCUT2D eigenvalue weighted by molar-refractivity contribution is 5.90. The number of Topliss-reactive ketones (excluding diaryl/α,β-unsaturated/α-hetero) is 1. The Bertz CT molecular complexity index is 631. The normalized spacial score (nSPS) is 30.6. The van der Waals surface area contributed by atoms with E-state index in [-0.39, 0.29) is 5.78 Å². The van der Waals surface area contributed by atoms with Crippen LogP contribution in [-0.2, 0) is 4.79 Å². The highest BCUT2D eigenvalue weighted by Gasteiger charge is 2.49. The zero-order valence-electron chi connectivity index (χ0n) is 14.4. The minimum Gasteiger partial charge on any atom is -0.296 e. The van der Waals surface area contributed by atoms with E-state index in [1.54, 1.807) is 0 Å². The molecule has 3 nitrogen and oxygen atoms in total. The first-order chi connectivity index (χ1) is 10.8. The van der Waals surface area contributed by atoms with Crippen molar-refractivity contribution in [2.75, 3.05) is 13.1 Å². The van der Waals surface area contributed by atoms with E-state index in [0.29, 0.717) is 23.4 Å². The Morgan fingerprint density at radius 3 is 2.65 bits per heavy atom. The van der Waals surface area contributed by atoms with Crippen molar-refractivity contribution in [2.45, 2.75) is 52.0 Å². The minimum absolute atomic E-state index is 0.0349. The molecule has 0 N–H and O–H groups in total. The molecule has 122 valence electrons. The number of hydrogen-bond donors (Lipinski definition) is 0. The van der Waals surface area contributed by atoms with Crippen LogP contribution in [0.4, 0.5) is 0 Å². The van der Waals surface area contributed by atoms with Crippen LogP contribution >= 0.6 is 0 Å². The maximum Gasteiger partial charge on any atom is 0.168 e. The number of fused-ring (bicyclic) bond motifs is 2. The van der Waals surface area contributed by atoms with Gasteiger partial charge >= 0.3 is 0 Å². The first-order valence-corrected chi connectivity index (χ1v) is 8.53. The van der Waals surface area contributed by atoms with Gasteiger partial charge in [-0.15, -0.1) is 0 Å². The van der Waals surface area contributed by atoms with E-state index < -0.39 is 5.92 Å². The Balaban J connectivity index is 1.73. The summed E-state index contributed by atoms with van der Waals surface area (Å²) in [7, 11) is 0. The fraction of sp³-hybridized carbons (Fsp3) is 0.600. The van der Waals surface area contributed by atoms with Crippen LogP contribution in [0.2, 0.25) is 0 Å². The molecule has 1 aliphatic heterocycles. The van der Waals surface area contributed by atoms with Crippen molar-refractivity contribution in [3.63, 3.8) is 0 Å². The van der Waals surface area contributed by atoms with Crippen molar-refractivity contribution < 1.29 is 4.79 Å². The minimum atomic E-state index is -0.641. The lowest BCUT2D eigenvalue weighted by Gasteiger charge is -2.39. The van der Waals surface area contributed by atoms with Crippen LogP contribution in [0, 0.1) is 22.2 Å². The second-order valence-corrected chi connectivity index (χ2v) is 8.56. The molecular weight excluding hydrogens is 284 g/mol. The second kappa shape index (κ2) is 5.76. The number of hydrogen-bond acceptors (Lipinski definition) is 3. The Hall–Kier alpha value is -1.66. The van der Waals surface area contributed by atoms with E-state index in [9.17, 15) is 10.1 Å². The fourth-order valence-electron chi connectivity index (χ4n) is 5.03. The van der Waals surface area contributed by atoms with Crippen molar-refractivity contribution in [3.8, 4) is 6.07 Å². The van der Waals surface area contributed by atoms with Crippen molar-refractivity contribution in [1.29, 1.82) is 5.26 Å². The van der Waals surface area contributed by atoms with Crippen LogP contribution in [0.5, 0.6) is 0 Å². The smallest absolute Gasteiger partial charge is 0.168 e. The summed E-state index contributed by atoms with van der Waals surface area (Å²) in [5.41, 5.74) is 1.49. The topological polar surface area (TPSA) is 44.1 Å². The Labute approximate surface area is 139 Å². The van der Waals surface area contributed by atoms with Crippen LogP contribution in [0.25, 0.3) is 0 Å². The van der Waals surface area contributed by atoms with Crippen molar-refractivity contribution in [2.24, 2.45) is 10.8 Å². The van der Waals surface area contributed by atoms with E-state index >= 15 is 0 Å². The molecule has 0 aromatic heterocycles. The summed E-state index contributed by atoms with van der Waals surface area (Å²) in [4.78, 5) is 15.1. The summed E-state index contributed by atoms with van der Waals surface area (Å²) in [6.07, 6.45) is 3.56. The summed E-state index contributed by atoms with van der Waals surface area (Å²) < 4.78 is 0. The lowest BCUT2D eigenvalue weighted by atomic mass is 9.65. The predicted molar refractivity (Wildman–Crippen MR) is 90.9 cm³/mol. The zero-order valence-corrected chi connectivity index (χ0v) is 14.4. The van der Waals surface area contributed by atoms with E-state index in [4.69, 9.17) is 0 Å². The van der Waals surface area contributed by atoms with Gasteiger partial charge in [-0.05, 0) is 35.7 Å². The average Bonchev–Trinajstić information content (AvgIpc) is 2.69. The van der Waals surface area contributed by atoms with E-state index in [1.165, 1.54) is 12.8 Å². The molecule has 23 heavy (non-hydrogen) atoms. The molecule has 0 amide bonds. The highest BCUT2D eigenvalue weighted by atomic mass is 16.1. The van der Waals surface area contributed by atoms with Crippen molar-refractivity contribution in [1.82, 2.24) is 4.90 Å². The number of benzene rings is 1. The number of nitrogens with zero attached hydrogens (tertiary/aromatic N) is 2. The summed E-state index contributed by atoms with van der Waals surface area (Å²) >= 11 is 0. The van der Waals surface area contributed by atoms with Crippen LogP contribution in [0.1, 0.15) is 51.5 Å². The molecule has 0 spiro atoms. The summed E-state index contributed by atoms with van der Waals surface area (Å²) in [5, 5.41) is 9.46. The molecule has 3 atom stereocenters. The molecule has 1 aromatic carbocycles. The van der Waals surface area contributed by atoms with Crippen molar-refractivity contribution in [3.05, 3.63) is 35.9 Å². The van der Waals surface area contributed by atoms with Gasteiger partial charge in [-0.25, -0.2) is 0 Å². The van der Waals surface area contributed by atoms with Gasteiger partial charge in [0.15, 0.2) is 5.78 Å². The fourth-order valence-corrected chi connectivity index (χ4v) is 5.03. The summed E-state index contributed by atoms with van der Waals surface area (Å²) in [5.74, 6) is -0.606. The van der Waals surface area contributed by atoms with Gasteiger partial charge in [0.05, 0.1) is 12.6 Å². The quantitative estimate of drug-likeness (QED) is 0.850. The third-order valence-electron chi connectivity index (χ3n) is 5.47. The van der Waals surface area contributed by atoms with Gasteiger partial charge in [0.25, 0.3) is 0 Å². The largest absolute Gasteiger partial charge is 0.296 e. The van der Waals surface area contributed by atoms with Crippen LogP contribution in [0.15, 0.2) is 30.3 Å². The number of rotatable bonds is 4. The predicted octanol–water partition coefficient (Wildman–Crippen LogP) is 3.76. The maximum absolute atomic E-state index is 12.7. The maximum atomic E-state index is 12.7. The number of carbonyl (C=O) groups excluding carboxylic acids is 1. The molecule has 3 heteroatoms. The van der Waals surface area contributed by atoms with Crippen LogP contribution in [0.3, 0.4) is 0 Å². The lowest BCUT2D eigenvalue weighted by Crippen LogP contribution is -2.38. The molecule has 0 unspecified atom stereocenters. The van der Waals surface area contributed by atoms with Gasteiger partial charge < -0.3 is 0 Å². The third kappa shape index (κ3) is 3.33. The lowest BCUT2D eigenvalue weighted by molar-refractivity contribution is -0.120. The third-order valence-corrected chi connectivity index (χ3v) is 5.47. The molecule has 3 rings (SSSR count). The highest BCUT2D eigenvalue weighted by Crippen LogP contribution is 2.52. The SMILES string of the molecule is CC1(C)C[C@@H]2C[C@@](C)(CN2CC(=O)[C@H](C#N)c2ccccc2)C1. The van der Waals surface area contributed by atoms with Gasteiger partial charge in [0.2, 0.25) is 0 Å². The second-order valence-electron chi connectivity index (χ2n) is 8.56. The number of carbonyl (C=O) groups is 1. The number of ketones is 1. The molecule has 1 aromatic rings. The first kappa shape index (κ1) is 16.2. The Morgan fingerprint density at radius 2 is 2.00 bits per heavy atom. The van der Waals surface area contributed by atoms with E-state index in [2.05, 4.69) is 31.7 Å². The monoisotopic (exact) mass is 310 g/mol. The first-order valence-electron chi connectivity index (χ1n) is 8.53. The molecular formula is C20H26N2O. The Kier molecular flexibility index (Phi) is 4.06. The zero-order chi connectivity index (χ0) is 16.7. The molecule has 2 fully saturated rings. The summed E-state index contributed by atoms with van der Waals surface area (Å²) in [6, 6.07) is 12.1. The van der Waals surface area contributed by atoms with E-state index in [0.717, 1.165) is 18.5 Å². The molecule has 1 saturated heterocycles. The van der Waals surface area contributed by atoms with Gasteiger partial charge in [-0.2, -0.15) is 5.26 Å². The Morgan fingerprint density at radius 1 is 1.30 bits per heavy atom. The van der Waals surface area contributed by atoms with Gasteiger partial charge in [0.1, 0.15) is 5.92 Å². The molecule has 2 bridgehead atoms. The molecule has 1 saturated carbocycles. The molecule has 2 aliphatic rings. The summed E-state index contributed by atoms with van der Waals surface area (Å²) in [6.45, 7) is 8.42. The van der Waals surface area contributed by atoms with Crippen molar-refractivity contribution >= 4 is 5.78 Å². The van der Waals surface area contributed by atoms with Gasteiger partial charge in [-0.3, -0.25) is 9.69 Å². The molecule has 0 radical (unpaired) electrons.